The van der Waals surface area contributed by atoms with Gasteiger partial charge in [0.15, 0.2) is 0 Å². The fourth-order valence-corrected chi connectivity index (χ4v) is 3.81. The van der Waals surface area contributed by atoms with E-state index in [4.69, 9.17) is 4.74 Å². The molecule has 104 valence electrons. The summed E-state index contributed by atoms with van der Waals surface area (Å²) in [6.07, 6.45) is 6.03. The molecule has 1 saturated carbocycles. The van der Waals surface area contributed by atoms with E-state index in [0.717, 1.165) is 31.3 Å². The second kappa shape index (κ2) is 6.38. The number of alkyl halides is 1. The lowest BCUT2D eigenvalue weighted by Crippen LogP contribution is -2.47. The van der Waals surface area contributed by atoms with Crippen LogP contribution in [0.15, 0.2) is 0 Å². The largest absolute Gasteiger partial charge is 0.466 e. The number of nitrogens with zero attached hydrogens (tertiary/aromatic N) is 1. The maximum atomic E-state index is 11.7. The summed E-state index contributed by atoms with van der Waals surface area (Å²) in [6, 6.07) is 0. The molecule has 3 nitrogen and oxygen atoms in total. The maximum absolute atomic E-state index is 11.7. The molecule has 0 aromatic heterocycles. The smallest absolute Gasteiger partial charge is 0.309 e. The van der Waals surface area contributed by atoms with E-state index in [-0.39, 0.29) is 11.9 Å². The third-order valence-electron chi connectivity index (χ3n) is 4.46. The number of hydrogen-bond donors (Lipinski definition) is 0. The number of esters is 1. The summed E-state index contributed by atoms with van der Waals surface area (Å²) in [5.74, 6) is 0.151. The Morgan fingerprint density at radius 1 is 1.39 bits per heavy atom. The monoisotopic (exact) mass is 317 g/mol. The lowest BCUT2D eigenvalue weighted by Gasteiger charge is -2.45. The van der Waals surface area contributed by atoms with Crippen LogP contribution in [0.5, 0.6) is 0 Å². The first-order valence-corrected chi connectivity index (χ1v) is 8.26. The van der Waals surface area contributed by atoms with Gasteiger partial charge in [-0.25, -0.2) is 0 Å². The molecule has 0 radical (unpaired) electrons. The molecular formula is C14H24BrNO2. The number of likely N-dealkylation sites (tertiary alicyclic amines) is 1. The van der Waals surface area contributed by atoms with Crippen LogP contribution in [0.2, 0.25) is 0 Å². The van der Waals surface area contributed by atoms with Crippen LogP contribution in [0.1, 0.15) is 39.0 Å². The first-order chi connectivity index (χ1) is 8.69. The maximum Gasteiger partial charge on any atom is 0.309 e. The Morgan fingerprint density at radius 2 is 2.06 bits per heavy atom. The number of carbonyl (C=O) groups is 1. The van der Waals surface area contributed by atoms with Crippen molar-refractivity contribution in [1.29, 1.82) is 0 Å². The van der Waals surface area contributed by atoms with Gasteiger partial charge in [-0.3, -0.25) is 4.79 Å². The van der Waals surface area contributed by atoms with Crippen molar-refractivity contribution in [3.05, 3.63) is 0 Å². The summed E-state index contributed by atoms with van der Waals surface area (Å²) in [7, 11) is 0. The molecular weight excluding hydrogens is 294 g/mol. The van der Waals surface area contributed by atoms with Crippen molar-refractivity contribution in [2.45, 2.75) is 39.0 Å². The average Bonchev–Trinajstić information content (AvgIpc) is 2.35. The van der Waals surface area contributed by atoms with Gasteiger partial charge in [0.05, 0.1) is 12.5 Å². The van der Waals surface area contributed by atoms with Gasteiger partial charge in [-0.2, -0.15) is 0 Å². The zero-order valence-corrected chi connectivity index (χ0v) is 12.9. The van der Waals surface area contributed by atoms with Crippen LogP contribution in [0.4, 0.5) is 0 Å². The topological polar surface area (TPSA) is 29.5 Å². The Kier molecular flexibility index (Phi) is 5.07. The predicted octanol–water partition coefficient (Wildman–Crippen LogP) is 2.83. The molecule has 0 amide bonds. The van der Waals surface area contributed by atoms with E-state index in [1.54, 1.807) is 0 Å². The second-order valence-corrected chi connectivity index (χ2v) is 6.35. The van der Waals surface area contributed by atoms with Crippen molar-refractivity contribution in [3.8, 4) is 0 Å². The van der Waals surface area contributed by atoms with Crippen molar-refractivity contribution in [3.63, 3.8) is 0 Å². The van der Waals surface area contributed by atoms with Crippen LogP contribution in [0, 0.1) is 11.3 Å². The molecule has 1 aliphatic carbocycles. The number of hydrogen-bond acceptors (Lipinski definition) is 3. The van der Waals surface area contributed by atoms with Gasteiger partial charge in [0.1, 0.15) is 0 Å². The highest BCUT2D eigenvalue weighted by molar-refractivity contribution is 9.09. The van der Waals surface area contributed by atoms with Gasteiger partial charge in [-0.05, 0) is 51.1 Å². The van der Waals surface area contributed by atoms with E-state index < -0.39 is 0 Å². The Bertz CT molecular complexity index is 278. The standard InChI is InChI=1S/C14H24BrNO2/c1-2-18-13(17)12-4-8-16(9-5-12)11-14(10-15)6-3-7-14/h12H,2-11H2,1H3. The lowest BCUT2D eigenvalue weighted by molar-refractivity contribution is -0.149. The molecule has 4 heteroatoms. The minimum absolute atomic E-state index is 0.0102. The summed E-state index contributed by atoms with van der Waals surface area (Å²) in [4.78, 5) is 14.2. The van der Waals surface area contributed by atoms with E-state index in [1.807, 2.05) is 6.92 Å². The van der Waals surface area contributed by atoms with Crippen molar-refractivity contribution in [1.82, 2.24) is 4.90 Å². The lowest BCUT2D eigenvalue weighted by atomic mass is 9.70. The van der Waals surface area contributed by atoms with Crippen LogP contribution in [-0.4, -0.2) is 42.4 Å². The summed E-state index contributed by atoms with van der Waals surface area (Å²) in [5, 5.41) is 1.12. The molecule has 0 aromatic rings. The van der Waals surface area contributed by atoms with Gasteiger partial charge in [-0.1, -0.05) is 22.4 Å². The van der Waals surface area contributed by atoms with E-state index in [1.165, 1.54) is 25.8 Å². The first kappa shape index (κ1) is 14.3. The van der Waals surface area contributed by atoms with E-state index in [2.05, 4.69) is 20.8 Å². The molecule has 0 bridgehead atoms. The molecule has 0 unspecified atom stereocenters. The molecule has 1 heterocycles. The normalized spacial score (nSPS) is 24.6. The number of rotatable bonds is 5. The Morgan fingerprint density at radius 3 is 2.50 bits per heavy atom. The van der Waals surface area contributed by atoms with Crippen LogP contribution in [0.3, 0.4) is 0 Å². The van der Waals surface area contributed by atoms with Gasteiger partial charge >= 0.3 is 5.97 Å². The van der Waals surface area contributed by atoms with Crippen LogP contribution in [-0.2, 0) is 9.53 Å². The molecule has 0 N–H and O–H groups in total. The Labute approximate surface area is 118 Å². The number of ether oxygens (including phenoxy) is 1. The summed E-state index contributed by atoms with van der Waals surface area (Å²) in [6.45, 7) is 5.69. The van der Waals surface area contributed by atoms with Gasteiger partial charge in [0.25, 0.3) is 0 Å². The predicted molar refractivity (Wildman–Crippen MR) is 75.9 cm³/mol. The van der Waals surface area contributed by atoms with Gasteiger partial charge in [-0.15, -0.1) is 0 Å². The molecule has 0 atom stereocenters. The molecule has 0 spiro atoms. The number of piperidine rings is 1. The summed E-state index contributed by atoms with van der Waals surface area (Å²) < 4.78 is 5.11. The Balaban J connectivity index is 1.75. The summed E-state index contributed by atoms with van der Waals surface area (Å²) in [5.41, 5.74) is 0.525. The second-order valence-electron chi connectivity index (χ2n) is 5.79. The highest BCUT2D eigenvalue weighted by Crippen LogP contribution is 2.43. The molecule has 2 rings (SSSR count). The number of carbonyl (C=O) groups excluding carboxylic acids is 1. The molecule has 1 aliphatic heterocycles. The summed E-state index contributed by atoms with van der Waals surface area (Å²) >= 11 is 3.67. The van der Waals surface area contributed by atoms with E-state index >= 15 is 0 Å². The minimum atomic E-state index is 0.0102. The number of halogens is 1. The molecule has 18 heavy (non-hydrogen) atoms. The molecule has 1 saturated heterocycles. The van der Waals surface area contributed by atoms with Crippen LogP contribution in [0.25, 0.3) is 0 Å². The average molecular weight is 318 g/mol. The SMILES string of the molecule is CCOC(=O)C1CCN(CC2(CBr)CCC2)CC1. The zero-order chi connectivity index (χ0) is 13.0. The van der Waals surface area contributed by atoms with Crippen molar-refractivity contribution in [2.75, 3.05) is 31.6 Å². The van der Waals surface area contributed by atoms with E-state index in [9.17, 15) is 4.79 Å². The highest BCUT2D eigenvalue weighted by Gasteiger charge is 2.38. The minimum Gasteiger partial charge on any atom is -0.466 e. The van der Waals surface area contributed by atoms with Crippen molar-refractivity contribution < 1.29 is 9.53 Å². The quantitative estimate of drug-likeness (QED) is 0.577. The zero-order valence-electron chi connectivity index (χ0n) is 11.3. The van der Waals surface area contributed by atoms with Gasteiger partial charge in [0.2, 0.25) is 0 Å². The fourth-order valence-electron chi connectivity index (χ4n) is 3.07. The Hall–Kier alpha value is -0.0900. The highest BCUT2D eigenvalue weighted by atomic mass is 79.9. The van der Waals surface area contributed by atoms with Crippen LogP contribution >= 0.6 is 15.9 Å². The van der Waals surface area contributed by atoms with Crippen molar-refractivity contribution in [2.24, 2.45) is 11.3 Å². The van der Waals surface area contributed by atoms with Crippen LogP contribution < -0.4 is 0 Å². The third-order valence-corrected chi connectivity index (χ3v) is 5.65. The molecule has 0 aromatic carbocycles. The fraction of sp³-hybridized carbons (Fsp3) is 0.929. The van der Waals surface area contributed by atoms with E-state index in [0.29, 0.717) is 12.0 Å². The van der Waals surface area contributed by atoms with Gasteiger partial charge < -0.3 is 9.64 Å². The third kappa shape index (κ3) is 3.27. The van der Waals surface area contributed by atoms with Crippen molar-refractivity contribution >= 4 is 21.9 Å². The van der Waals surface area contributed by atoms with Gasteiger partial charge in [0, 0.05) is 11.9 Å². The molecule has 2 fully saturated rings. The first-order valence-electron chi connectivity index (χ1n) is 7.14. The molecule has 2 aliphatic rings.